The first kappa shape index (κ1) is 19.2. The fourth-order valence-electron chi connectivity index (χ4n) is 4.08. The molecule has 2 aliphatic heterocycles. The van der Waals surface area contributed by atoms with Gasteiger partial charge < -0.3 is 15.1 Å². The molecule has 29 heavy (non-hydrogen) atoms. The predicted molar refractivity (Wildman–Crippen MR) is 113 cm³/mol. The van der Waals surface area contributed by atoms with Crippen LogP contribution in [0.15, 0.2) is 42.5 Å². The van der Waals surface area contributed by atoms with Crippen LogP contribution in [0.3, 0.4) is 0 Å². The second-order valence-electron chi connectivity index (χ2n) is 7.68. The van der Waals surface area contributed by atoms with E-state index in [9.17, 15) is 14.4 Å². The van der Waals surface area contributed by atoms with E-state index in [2.05, 4.69) is 12.2 Å². The van der Waals surface area contributed by atoms with Crippen LogP contribution in [0.4, 0.5) is 17.1 Å². The zero-order chi connectivity index (χ0) is 20.5. The van der Waals surface area contributed by atoms with Gasteiger partial charge in [0.25, 0.3) is 0 Å². The van der Waals surface area contributed by atoms with Crippen LogP contribution in [-0.4, -0.2) is 30.8 Å². The lowest BCUT2D eigenvalue weighted by Crippen LogP contribution is -2.28. The number of nitrogens with one attached hydrogen (secondary N) is 1. The molecule has 2 aromatic rings. The lowest BCUT2D eigenvalue weighted by Gasteiger charge is -2.19. The van der Waals surface area contributed by atoms with Gasteiger partial charge in [-0.15, -0.1) is 0 Å². The van der Waals surface area contributed by atoms with Crippen molar-refractivity contribution in [3.8, 4) is 0 Å². The molecule has 6 nitrogen and oxygen atoms in total. The summed E-state index contributed by atoms with van der Waals surface area (Å²) in [5.74, 6) is -0.533. The Morgan fingerprint density at radius 3 is 2.59 bits per heavy atom. The topological polar surface area (TPSA) is 69.7 Å². The lowest BCUT2D eigenvalue weighted by molar-refractivity contribution is -0.122. The molecule has 2 heterocycles. The summed E-state index contributed by atoms with van der Waals surface area (Å²) < 4.78 is 0. The van der Waals surface area contributed by atoms with E-state index in [-0.39, 0.29) is 30.1 Å². The molecule has 2 aromatic carbocycles. The number of anilines is 3. The number of hydrogen-bond donors (Lipinski definition) is 1. The molecule has 3 amide bonds. The van der Waals surface area contributed by atoms with Crippen molar-refractivity contribution in [3.05, 3.63) is 53.6 Å². The first-order valence-electron chi connectivity index (χ1n) is 10.1. The number of carbonyl (C=O) groups excluding carboxylic acids is 3. The number of carbonyl (C=O) groups is 3. The van der Waals surface area contributed by atoms with E-state index in [1.165, 1.54) is 5.56 Å². The monoisotopic (exact) mass is 391 g/mol. The van der Waals surface area contributed by atoms with Gasteiger partial charge in [-0.25, -0.2) is 0 Å². The summed E-state index contributed by atoms with van der Waals surface area (Å²) in [6.45, 7) is 4.69. The highest BCUT2D eigenvalue weighted by atomic mass is 16.2. The Kier molecular flexibility index (Phi) is 5.09. The minimum atomic E-state index is -0.379. The molecule has 0 bridgehead atoms. The summed E-state index contributed by atoms with van der Waals surface area (Å²) in [6.07, 6.45) is 1.93. The molecule has 0 aromatic heterocycles. The molecule has 1 unspecified atom stereocenters. The third-order valence-corrected chi connectivity index (χ3v) is 5.78. The molecule has 4 rings (SSSR count). The maximum absolute atomic E-state index is 12.7. The standard InChI is InChI=1S/C23H25N3O3/c1-3-16-4-6-19(7-5-16)24-23(29)18-13-22(28)26(14-18)20-8-9-21-17(12-20)10-11-25(21)15(2)27/h4-9,12,18H,3,10-11,13-14H2,1-2H3,(H,24,29). The highest BCUT2D eigenvalue weighted by Gasteiger charge is 2.36. The number of fused-ring (bicyclic) bond motifs is 1. The maximum Gasteiger partial charge on any atom is 0.229 e. The molecular weight excluding hydrogens is 366 g/mol. The molecule has 1 saturated heterocycles. The Morgan fingerprint density at radius 2 is 1.90 bits per heavy atom. The summed E-state index contributed by atoms with van der Waals surface area (Å²) in [7, 11) is 0. The number of nitrogens with zero attached hydrogens (tertiary/aromatic N) is 2. The van der Waals surface area contributed by atoms with Crippen LogP contribution in [0.1, 0.15) is 31.4 Å². The van der Waals surface area contributed by atoms with Crippen LogP contribution in [0.2, 0.25) is 0 Å². The molecule has 1 atom stereocenters. The second kappa shape index (κ2) is 7.70. The van der Waals surface area contributed by atoms with Crippen molar-refractivity contribution in [2.45, 2.75) is 33.1 Å². The van der Waals surface area contributed by atoms with Crippen molar-refractivity contribution >= 4 is 34.8 Å². The first-order chi connectivity index (χ1) is 14.0. The molecule has 0 radical (unpaired) electrons. The van der Waals surface area contributed by atoms with Crippen LogP contribution in [0.25, 0.3) is 0 Å². The zero-order valence-corrected chi connectivity index (χ0v) is 16.8. The van der Waals surface area contributed by atoms with E-state index in [0.717, 1.165) is 35.5 Å². The van der Waals surface area contributed by atoms with Gasteiger partial charge >= 0.3 is 0 Å². The van der Waals surface area contributed by atoms with Crippen molar-refractivity contribution < 1.29 is 14.4 Å². The SMILES string of the molecule is CCc1ccc(NC(=O)C2CC(=O)N(c3ccc4c(c3)CCN4C(C)=O)C2)cc1. The zero-order valence-electron chi connectivity index (χ0n) is 16.8. The third kappa shape index (κ3) is 3.75. The highest BCUT2D eigenvalue weighted by molar-refractivity contribution is 6.04. The summed E-state index contributed by atoms with van der Waals surface area (Å²) >= 11 is 0. The van der Waals surface area contributed by atoms with Gasteiger partial charge in [0.2, 0.25) is 17.7 Å². The largest absolute Gasteiger partial charge is 0.326 e. The van der Waals surface area contributed by atoms with E-state index in [1.807, 2.05) is 42.5 Å². The van der Waals surface area contributed by atoms with Crippen LogP contribution in [0.5, 0.6) is 0 Å². The Morgan fingerprint density at radius 1 is 1.14 bits per heavy atom. The van der Waals surface area contributed by atoms with Gasteiger partial charge in [-0.3, -0.25) is 14.4 Å². The van der Waals surface area contributed by atoms with Crippen LogP contribution < -0.4 is 15.1 Å². The molecule has 6 heteroatoms. The lowest BCUT2D eigenvalue weighted by atomic mass is 10.1. The van der Waals surface area contributed by atoms with E-state index >= 15 is 0 Å². The van der Waals surface area contributed by atoms with E-state index < -0.39 is 0 Å². The van der Waals surface area contributed by atoms with Gasteiger partial charge in [0.1, 0.15) is 0 Å². The van der Waals surface area contributed by atoms with Crippen molar-refractivity contribution in [2.75, 3.05) is 28.2 Å². The molecular formula is C23H25N3O3. The highest BCUT2D eigenvalue weighted by Crippen LogP contribution is 2.34. The quantitative estimate of drug-likeness (QED) is 0.870. The first-order valence-corrected chi connectivity index (χ1v) is 10.1. The Balaban J connectivity index is 1.45. The summed E-state index contributed by atoms with van der Waals surface area (Å²) in [5, 5.41) is 2.93. The molecule has 1 fully saturated rings. The Hall–Kier alpha value is -3.15. The number of benzene rings is 2. The molecule has 1 N–H and O–H groups in total. The average Bonchev–Trinajstić information content (AvgIpc) is 3.31. The minimum absolute atomic E-state index is 0.0254. The minimum Gasteiger partial charge on any atom is -0.326 e. The Bertz CT molecular complexity index is 968. The predicted octanol–water partition coefficient (Wildman–Crippen LogP) is 3.15. The number of amides is 3. The smallest absolute Gasteiger partial charge is 0.229 e. The van der Waals surface area contributed by atoms with Crippen molar-refractivity contribution in [2.24, 2.45) is 5.92 Å². The number of hydrogen-bond acceptors (Lipinski definition) is 3. The third-order valence-electron chi connectivity index (χ3n) is 5.78. The second-order valence-corrected chi connectivity index (χ2v) is 7.68. The van der Waals surface area contributed by atoms with E-state index in [1.54, 1.807) is 16.7 Å². The van der Waals surface area contributed by atoms with E-state index in [4.69, 9.17) is 0 Å². The molecule has 2 aliphatic rings. The number of rotatable bonds is 4. The van der Waals surface area contributed by atoms with Gasteiger partial charge in [0, 0.05) is 43.5 Å². The van der Waals surface area contributed by atoms with Gasteiger partial charge in [-0.2, -0.15) is 0 Å². The van der Waals surface area contributed by atoms with Crippen LogP contribution >= 0.6 is 0 Å². The molecule has 0 saturated carbocycles. The van der Waals surface area contributed by atoms with E-state index in [0.29, 0.717) is 13.1 Å². The van der Waals surface area contributed by atoms with Gasteiger partial charge in [0.05, 0.1) is 5.92 Å². The van der Waals surface area contributed by atoms with Crippen molar-refractivity contribution in [3.63, 3.8) is 0 Å². The molecule has 0 aliphatic carbocycles. The number of aryl methyl sites for hydroxylation is 1. The van der Waals surface area contributed by atoms with Crippen molar-refractivity contribution in [1.29, 1.82) is 0 Å². The maximum atomic E-state index is 12.7. The fraction of sp³-hybridized carbons (Fsp3) is 0.348. The molecule has 0 spiro atoms. The summed E-state index contributed by atoms with van der Waals surface area (Å²) in [6, 6.07) is 13.5. The summed E-state index contributed by atoms with van der Waals surface area (Å²) in [4.78, 5) is 40.4. The average molecular weight is 391 g/mol. The van der Waals surface area contributed by atoms with Crippen LogP contribution in [0, 0.1) is 5.92 Å². The van der Waals surface area contributed by atoms with Gasteiger partial charge in [0.15, 0.2) is 0 Å². The van der Waals surface area contributed by atoms with Crippen LogP contribution in [-0.2, 0) is 27.2 Å². The molecule has 150 valence electrons. The fourth-order valence-corrected chi connectivity index (χ4v) is 4.08. The van der Waals surface area contributed by atoms with Gasteiger partial charge in [-0.05, 0) is 54.3 Å². The summed E-state index contributed by atoms with van der Waals surface area (Å²) in [5.41, 5.74) is 4.74. The van der Waals surface area contributed by atoms with Gasteiger partial charge in [-0.1, -0.05) is 19.1 Å². The Labute approximate surface area is 170 Å². The normalized spacial score (nSPS) is 18.1. The van der Waals surface area contributed by atoms with Crippen molar-refractivity contribution in [1.82, 2.24) is 0 Å².